The van der Waals surface area contributed by atoms with Crippen LogP contribution in [-0.2, 0) is 0 Å². The molecule has 100 valence electrons. The average Bonchev–Trinajstić information content (AvgIpc) is 2.80. The van der Waals surface area contributed by atoms with Crippen LogP contribution in [0.5, 0.6) is 5.75 Å². The summed E-state index contributed by atoms with van der Waals surface area (Å²) < 4.78 is 5.30. The molecule has 1 aromatic heterocycles. The van der Waals surface area contributed by atoms with Gasteiger partial charge in [-0.05, 0) is 30.7 Å². The quantitative estimate of drug-likeness (QED) is 0.746. The van der Waals surface area contributed by atoms with Crippen LogP contribution >= 0.6 is 0 Å². The van der Waals surface area contributed by atoms with Crippen LogP contribution in [0.25, 0.3) is 22.1 Å². The molecule has 3 aromatic rings. The number of aromatic carboxylic acids is 1. The summed E-state index contributed by atoms with van der Waals surface area (Å²) in [6.45, 7) is 1.85. The lowest BCUT2D eigenvalue weighted by Crippen LogP contribution is -1.96. The van der Waals surface area contributed by atoms with Gasteiger partial charge in [0.25, 0.3) is 0 Å². The fourth-order valence-electron chi connectivity index (χ4n) is 2.19. The summed E-state index contributed by atoms with van der Waals surface area (Å²) in [5.74, 6) is -1.44. The number of carboxylic acid groups (broad SMARTS) is 1. The van der Waals surface area contributed by atoms with Crippen molar-refractivity contribution in [3.05, 3.63) is 47.7 Å². The molecule has 20 heavy (non-hydrogen) atoms. The van der Waals surface area contributed by atoms with E-state index in [0.29, 0.717) is 11.1 Å². The number of carboxylic acids is 1. The van der Waals surface area contributed by atoms with Gasteiger partial charge in [0.05, 0.1) is 5.69 Å². The molecule has 0 unspecified atom stereocenters. The zero-order chi connectivity index (χ0) is 14.3. The van der Waals surface area contributed by atoms with Crippen LogP contribution < -0.4 is 0 Å². The van der Waals surface area contributed by atoms with Gasteiger partial charge in [-0.15, -0.1) is 0 Å². The van der Waals surface area contributed by atoms with E-state index in [4.69, 9.17) is 9.63 Å². The molecule has 0 spiro atoms. The number of rotatable bonds is 2. The molecule has 0 atom stereocenters. The lowest BCUT2D eigenvalue weighted by Gasteiger charge is -2.05. The third-order valence-electron chi connectivity index (χ3n) is 3.22. The highest BCUT2D eigenvalue weighted by molar-refractivity contribution is 5.96. The van der Waals surface area contributed by atoms with E-state index < -0.39 is 5.97 Å². The molecular formula is C15H11NO4. The van der Waals surface area contributed by atoms with Gasteiger partial charge < -0.3 is 14.7 Å². The Morgan fingerprint density at radius 2 is 2.05 bits per heavy atom. The minimum absolute atomic E-state index is 0.130. The molecule has 0 amide bonds. The molecule has 0 radical (unpaired) electrons. The summed E-state index contributed by atoms with van der Waals surface area (Å²) in [4.78, 5) is 10.9. The number of phenols is 1. The number of benzene rings is 2. The van der Waals surface area contributed by atoms with Crippen LogP contribution in [0.2, 0.25) is 0 Å². The zero-order valence-corrected chi connectivity index (χ0v) is 10.6. The molecule has 0 aliphatic rings. The Bertz CT molecular complexity index is 820. The minimum Gasteiger partial charge on any atom is -0.507 e. The molecule has 2 N–H and O–H groups in total. The first-order valence-electron chi connectivity index (χ1n) is 5.99. The van der Waals surface area contributed by atoms with E-state index in [1.54, 1.807) is 6.07 Å². The van der Waals surface area contributed by atoms with Gasteiger partial charge in [-0.1, -0.05) is 23.4 Å². The molecule has 3 rings (SSSR count). The van der Waals surface area contributed by atoms with Gasteiger partial charge in [-0.2, -0.15) is 0 Å². The predicted molar refractivity (Wildman–Crippen MR) is 72.8 cm³/mol. The van der Waals surface area contributed by atoms with E-state index in [-0.39, 0.29) is 11.3 Å². The van der Waals surface area contributed by atoms with Crippen molar-refractivity contribution in [2.45, 2.75) is 6.92 Å². The van der Waals surface area contributed by atoms with Gasteiger partial charge in [0.2, 0.25) is 0 Å². The van der Waals surface area contributed by atoms with Crippen molar-refractivity contribution in [2.75, 3.05) is 0 Å². The van der Waals surface area contributed by atoms with E-state index >= 15 is 0 Å². The van der Waals surface area contributed by atoms with Crippen molar-refractivity contribution in [2.24, 2.45) is 0 Å². The maximum atomic E-state index is 10.9. The van der Waals surface area contributed by atoms with Crippen molar-refractivity contribution in [1.82, 2.24) is 5.16 Å². The molecule has 0 bridgehead atoms. The van der Waals surface area contributed by atoms with Crippen molar-refractivity contribution >= 4 is 16.9 Å². The number of carbonyl (C=O) groups is 1. The van der Waals surface area contributed by atoms with Gasteiger partial charge in [0, 0.05) is 10.9 Å². The Morgan fingerprint density at radius 3 is 2.75 bits per heavy atom. The Hall–Kier alpha value is -2.82. The maximum Gasteiger partial charge on any atom is 0.339 e. The van der Waals surface area contributed by atoms with Crippen LogP contribution in [0.4, 0.5) is 0 Å². The third kappa shape index (κ3) is 1.80. The van der Waals surface area contributed by atoms with Crippen LogP contribution in [0.15, 0.2) is 40.9 Å². The van der Waals surface area contributed by atoms with Crippen molar-refractivity contribution < 1.29 is 19.5 Å². The van der Waals surface area contributed by atoms with E-state index in [1.807, 2.05) is 25.1 Å². The molecule has 5 nitrogen and oxygen atoms in total. The minimum atomic E-state index is -1.16. The molecule has 0 aliphatic carbocycles. The average molecular weight is 269 g/mol. The summed E-state index contributed by atoms with van der Waals surface area (Å²) in [6, 6.07) is 10.0. The fourth-order valence-corrected chi connectivity index (χ4v) is 2.19. The van der Waals surface area contributed by atoms with Crippen LogP contribution in [0.3, 0.4) is 0 Å². The number of aryl methyl sites for hydroxylation is 1. The standard InChI is InChI=1S/C15H11NO4/c1-8-10-3-2-4-11(14(10)20-16-8)9-5-6-12(15(18)19)13(17)7-9/h2-7,17H,1H3,(H,18,19). The van der Waals surface area contributed by atoms with Gasteiger partial charge in [0.1, 0.15) is 11.3 Å². The van der Waals surface area contributed by atoms with Crippen molar-refractivity contribution in [1.29, 1.82) is 0 Å². The number of hydrogen-bond donors (Lipinski definition) is 2. The molecule has 5 heteroatoms. The summed E-state index contributed by atoms with van der Waals surface area (Å²) >= 11 is 0. The number of fused-ring (bicyclic) bond motifs is 1. The second-order valence-corrected chi connectivity index (χ2v) is 4.49. The largest absolute Gasteiger partial charge is 0.507 e. The lowest BCUT2D eigenvalue weighted by molar-refractivity contribution is 0.0694. The molecule has 0 aliphatic heterocycles. The van der Waals surface area contributed by atoms with Gasteiger partial charge in [-0.3, -0.25) is 0 Å². The van der Waals surface area contributed by atoms with Crippen LogP contribution in [0.1, 0.15) is 16.1 Å². The van der Waals surface area contributed by atoms with E-state index in [2.05, 4.69) is 5.16 Å². The van der Waals surface area contributed by atoms with Gasteiger partial charge in [0.15, 0.2) is 5.58 Å². The Balaban J connectivity index is 2.21. The first kappa shape index (κ1) is 12.2. The van der Waals surface area contributed by atoms with Crippen molar-refractivity contribution in [3.8, 4) is 16.9 Å². The monoisotopic (exact) mass is 269 g/mol. The highest BCUT2D eigenvalue weighted by Crippen LogP contribution is 2.32. The predicted octanol–water partition coefficient (Wildman–Crippen LogP) is 3.21. The second-order valence-electron chi connectivity index (χ2n) is 4.49. The van der Waals surface area contributed by atoms with Crippen LogP contribution in [-0.4, -0.2) is 21.3 Å². The first-order valence-corrected chi connectivity index (χ1v) is 5.99. The van der Waals surface area contributed by atoms with Gasteiger partial charge >= 0.3 is 5.97 Å². The smallest absolute Gasteiger partial charge is 0.339 e. The lowest BCUT2D eigenvalue weighted by atomic mass is 10.0. The Kier molecular flexibility index (Phi) is 2.68. The highest BCUT2D eigenvalue weighted by atomic mass is 16.5. The molecule has 1 heterocycles. The number of hydrogen-bond acceptors (Lipinski definition) is 4. The number of aromatic hydroxyl groups is 1. The van der Waals surface area contributed by atoms with Crippen LogP contribution in [0, 0.1) is 6.92 Å². The summed E-state index contributed by atoms with van der Waals surface area (Å²) in [5.41, 5.74) is 2.71. The molecule has 0 fully saturated rings. The SMILES string of the molecule is Cc1noc2c(-c3ccc(C(=O)O)c(O)c3)cccc12. The van der Waals surface area contributed by atoms with E-state index in [1.165, 1.54) is 12.1 Å². The zero-order valence-electron chi connectivity index (χ0n) is 10.6. The molecule has 2 aromatic carbocycles. The summed E-state index contributed by atoms with van der Waals surface area (Å²) in [7, 11) is 0. The van der Waals surface area contributed by atoms with Gasteiger partial charge in [-0.25, -0.2) is 4.79 Å². The molecular weight excluding hydrogens is 258 g/mol. The Labute approximate surface area is 114 Å². The highest BCUT2D eigenvalue weighted by Gasteiger charge is 2.14. The van der Waals surface area contributed by atoms with Crippen molar-refractivity contribution in [3.63, 3.8) is 0 Å². The summed E-state index contributed by atoms with van der Waals surface area (Å²) in [5, 5.41) is 23.5. The topological polar surface area (TPSA) is 83.6 Å². The Morgan fingerprint density at radius 1 is 1.25 bits per heavy atom. The fraction of sp³-hybridized carbons (Fsp3) is 0.0667. The second kappa shape index (κ2) is 4.38. The normalized spacial score (nSPS) is 10.8. The maximum absolute atomic E-state index is 10.9. The first-order chi connectivity index (χ1) is 9.58. The van der Waals surface area contributed by atoms with E-state index in [9.17, 15) is 9.90 Å². The molecule has 0 saturated carbocycles. The number of para-hydroxylation sites is 1. The number of aromatic nitrogens is 1. The molecule has 0 saturated heterocycles. The number of nitrogens with zero attached hydrogens (tertiary/aromatic N) is 1. The summed E-state index contributed by atoms with van der Waals surface area (Å²) in [6.07, 6.45) is 0. The van der Waals surface area contributed by atoms with E-state index in [0.717, 1.165) is 16.6 Å². The third-order valence-corrected chi connectivity index (χ3v) is 3.22.